The molecule has 6 heteroatoms. The lowest BCUT2D eigenvalue weighted by Gasteiger charge is -2.27. The first-order valence-electron chi connectivity index (χ1n) is 7.51. The number of aromatic nitrogens is 1. The molecule has 2 aliphatic heterocycles. The second-order valence-corrected chi connectivity index (χ2v) is 5.77. The first-order chi connectivity index (χ1) is 10.2. The van der Waals surface area contributed by atoms with Gasteiger partial charge in [-0.2, -0.15) is 0 Å². The third kappa shape index (κ3) is 2.92. The number of hydrogen-bond donors (Lipinski definition) is 2. The lowest BCUT2D eigenvalue weighted by atomic mass is 9.92. The summed E-state index contributed by atoms with van der Waals surface area (Å²) in [6.07, 6.45) is 1.74. The van der Waals surface area contributed by atoms with E-state index < -0.39 is 0 Å². The number of morpholine rings is 1. The molecule has 1 amide bonds. The van der Waals surface area contributed by atoms with Crippen LogP contribution in [0.5, 0.6) is 0 Å². The topological polar surface area (TPSA) is 66.5 Å². The summed E-state index contributed by atoms with van der Waals surface area (Å²) in [6, 6.07) is 4.32. The van der Waals surface area contributed by atoms with Crippen LogP contribution in [0.15, 0.2) is 18.3 Å². The summed E-state index contributed by atoms with van der Waals surface area (Å²) in [7, 11) is 0. The van der Waals surface area contributed by atoms with E-state index in [0.29, 0.717) is 44.0 Å². The predicted molar refractivity (Wildman–Crippen MR) is 78.9 cm³/mol. The van der Waals surface area contributed by atoms with Crippen molar-refractivity contribution >= 4 is 5.91 Å². The number of rotatable bonds is 2. The highest BCUT2D eigenvalue weighted by molar-refractivity contribution is 5.94. The summed E-state index contributed by atoms with van der Waals surface area (Å²) >= 11 is 0. The number of carbonyl (C=O) groups is 1. The van der Waals surface area contributed by atoms with Crippen LogP contribution in [0.4, 0.5) is 0 Å². The maximum atomic E-state index is 12.5. The number of amides is 1. The van der Waals surface area contributed by atoms with Gasteiger partial charge in [-0.25, -0.2) is 0 Å². The molecule has 2 fully saturated rings. The van der Waals surface area contributed by atoms with E-state index in [9.17, 15) is 4.79 Å². The van der Waals surface area contributed by atoms with E-state index in [0.717, 1.165) is 5.69 Å². The molecule has 3 heterocycles. The van der Waals surface area contributed by atoms with E-state index >= 15 is 0 Å². The molecule has 1 aromatic rings. The van der Waals surface area contributed by atoms with E-state index in [-0.39, 0.29) is 11.8 Å². The van der Waals surface area contributed by atoms with Crippen LogP contribution in [-0.4, -0.2) is 54.2 Å². The first kappa shape index (κ1) is 14.4. The summed E-state index contributed by atoms with van der Waals surface area (Å²) in [5.74, 6) is 0.337. The number of nitrogens with one attached hydrogen (secondary N) is 2. The summed E-state index contributed by atoms with van der Waals surface area (Å²) in [4.78, 5) is 18.9. The molecule has 2 N–H and O–H groups in total. The minimum absolute atomic E-state index is 0.0705. The second-order valence-electron chi connectivity index (χ2n) is 5.77. The van der Waals surface area contributed by atoms with Crippen LogP contribution >= 0.6 is 0 Å². The van der Waals surface area contributed by atoms with Crippen molar-refractivity contribution in [2.24, 2.45) is 0 Å². The molecule has 0 spiro atoms. The fraction of sp³-hybridized carbons (Fsp3) is 0.600. The van der Waals surface area contributed by atoms with Crippen LogP contribution in [0.2, 0.25) is 0 Å². The van der Waals surface area contributed by atoms with Crippen LogP contribution < -0.4 is 10.9 Å². The highest BCUT2D eigenvalue weighted by Crippen LogP contribution is 2.26. The smallest absolute Gasteiger partial charge is 0.254 e. The monoisotopic (exact) mass is 290 g/mol. The Morgan fingerprint density at radius 1 is 1.29 bits per heavy atom. The molecule has 21 heavy (non-hydrogen) atoms. The van der Waals surface area contributed by atoms with Gasteiger partial charge in [0.15, 0.2) is 0 Å². The Labute approximate surface area is 124 Å². The third-order valence-corrected chi connectivity index (χ3v) is 4.28. The highest BCUT2D eigenvalue weighted by Gasteiger charge is 2.32. The molecule has 3 rings (SSSR count). The van der Waals surface area contributed by atoms with Crippen molar-refractivity contribution in [2.45, 2.75) is 31.8 Å². The Kier molecular flexibility index (Phi) is 4.19. The normalized spacial score (nSPS) is 29.6. The highest BCUT2D eigenvalue weighted by atomic mass is 16.5. The average Bonchev–Trinajstić information content (AvgIpc) is 2.86. The fourth-order valence-electron chi connectivity index (χ4n) is 3.10. The van der Waals surface area contributed by atoms with Gasteiger partial charge in [-0.3, -0.25) is 20.6 Å². The number of nitrogens with zero attached hydrogens (tertiary/aromatic N) is 2. The third-order valence-electron chi connectivity index (χ3n) is 4.28. The van der Waals surface area contributed by atoms with Crippen molar-refractivity contribution in [2.75, 3.05) is 26.3 Å². The molecular weight excluding hydrogens is 268 g/mol. The van der Waals surface area contributed by atoms with Gasteiger partial charge in [-0.05, 0) is 26.0 Å². The SMILES string of the molecule is CC1NNC(C)C1c1cc(C(=O)N2CCOCC2)ccn1. The molecule has 114 valence electrons. The van der Waals surface area contributed by atoms with Crippen molar-refractivity contribution < 1.29 is 9.53 Å². The Bertz CT molecular complexity index is 506. The Hall–Kier alpha value is -1.50. The molecular formula is C15H22N4O2. The molecule has 1 aromatic heterocycles. The summed E-state index contributed by atoms with van der Waals surface area (Å²) in [5, 5.41) is 0. The van der Waals surface area contributed by atoms with Gasteiger partial charge in [0.05, 0.1) is 13.2 Å². The van der Waals surface area contributed by atoms with Crippen molar-refractivity contribution in [1.29, 1.82) is 0 Å². The maximum Gasteiger partial charge on any atom is 0.254 e. The van der Waals surface area contributed by atoms with Crippen LogP contribution in [0, 0.1) is 0 Å². The van der Waals surface area contributed by atoms with Gasteiger partial charge in [0.25, 0.3) is 5.91 Å². The van der Waals surface area contributed by atoms with Gasteiger partial charge in [-0.1, -0.05) is 0 Å². The van der Waals surface area contributed by atoms with Gasteiger partial charge in [0.1, 0.15) is 0 Å². The number of pyridine rings is 1. The zero-order valence-corrected chi connectivity index (χ0v) is 12.5. The van der Waals surface area contributed by atoms with Gasteiger partial charge in [0.2, 0.25) is 0 Å². The first-order valence-corrected chi connectivity index (χ1v) is 7.51. The Morgan fingerprint density at radius 2 is 1.95 bits per heavy atom. The zero-order chi connectivity index (χ0) is 14.8. The lowest BCUT2D eigenvalue weighted by molar-refractivity contribution is 0.0302. The lowest BCUT2D eigenvalue weighted by Crippen LogP contribution is -2.40. The van der Waals surface area contributed by atoms with Crippen molar-refractivity contribution in [3.63, 3.8) is 0 Å². The number of carbonyl (C=O) groups excluding carboxylic acids is 1. The van der Waals surface area contributed by atoms with Gasteiger partial charge < -0.3 is 9.64 Å². The summed E-state index contributed by atoms with van der Waals surface area (Å²) in [6.45, 7) is 6.81. The van der Waals surface area contributed by atoms with Crippen molar-refractivity contribution in [3.8, 4) is 0 Å². The van der Waals surface area contributed by atoms with E-state index in [1.54, 1.807) is 12.3 Å². The molecule has 2 unspecified atom stereocenters. The van der Waals surface area contributed by atoms with Crippen LogP contribution in [-0.2, 0) is 4.74 Å². The number of hydrogen-bond acceptors (Lipinski definition) is 5. The zero-order valence-electron chi connectivity index (χ0n) is 12.5. The van der Waals surface area contributed by atoms with Gasteiger partial charge in [0, 0.05) is 48.5 Å². The number of ether oxygens (including phenoxy) is 1. The second kappa shape index (κ2) is 6.09. The summed E-state index contributed by atoms with van der Waals surface area (Å²) < 4.78 is 5.30. The molecule has 0 saturated carbocycles. The molecule has 0 aliphatic carbocycles. The predicted octanol–water partition coefficient (Wildman–Crippen LogP) is 0.522. The average molecular weight is 290 g/mol. The molecule has 2 saturated heterocycles. The van der Waals surface area contributed by atoms with E-state index in [2.05, 4.69) is 29.7 Å². The molecule has 0 bridgehead atoms. The molecule has 0 aromatic carbocycles. The minimum atomic E-state index is 0.0705. The standard InChI is InChI=1S/C15H22N4O2/c1-10-14(11(2)18-17-10)13-9-12(3-4-16-13)15(20)19-5-7-21-8-6-19/h3-4,9-11,14,17-18H,5-8H2,1-2H3. The molecule has 2 aliphatic rings. The summed E-state index contributed by atoms with van der Waals surface area (Å²) in [5.41, 5.74) is 8.14. The molecule has 6 nitrogen and oxygen atoms in total. The maximum absolute atomic E-state index is 12.5. The van der Waals surface area contributed by atoms with Gasteiger partial charge >= 0.3 is 0 Å². The van der Waals surface area contributed by atoms with Crippen LogP contribution in [0.3, 0.4) is 0 Å². The Morgan fingerprint density at radius 3 is 2.62 bits per heavy atom. The quantitative estimate of drug-likeness (QED) is 0.831. The molecule has 2 atom stereocenters. The largest absolute Gasteiger partial charge is 0.378 e. The van der Waals surface area contributed by atoms with Gasteiger partial charge in [-0.15, -0.1) is 0 Å². The molecule has 0 radical (unpaired) electrons. The van der Waals surface area contributed by atoms with E-state index in [1.807, 2.05) is 11.0 Å². The van der Waals surface area contributed by atoms with Crippen LogP contribution in [0.1, 0.15) is 35.8 Å². The van der Waals surface area contributed by atoms with Crippen molar-refractivity contribution in [3.05, 3.63) is 29.6 Å². The van der Waals surface area contributed by atoms with E-state index in [4.69, 9.17) is 4.74 Å². The number of hydrazine groups is 1. The van der Waals surface area contributed by atoms with Crippen molar-refractivity contribution in [1.82, 2.24) is 20.7 Å². The Balaban J connectivity index is 1.81. The van der Waals surface area contributed by atoms with E-state index in [1.165, 1.54) is 0 Å². The minimum Gasteiger partial charge on any atom is -0.378 e. The fourth-order valence-corrected chi connectivity index (χ4v) is 3.10. The van der Waals surface area contributed by atoms with Crippen LogP contribution in [0.25, 0.3) is 0 Å².